The molecule has 0 bridgehead atoms. The van der Waals surface area contributed by atoms with E-state index in [4.69, 9.17) is 16.3 Å². The highest BCUT2D eigenvalue weighted by atomic mass is 35.5. The number of aromatic nitrogens is 1. The van der Waals surface area contributed by atoms with E-state index in [0.29, 0.717) is 45.4 Å². The predicted octanol–water partition coefficient (Wildman–Crippen LogP) is 3.48. The number of aromatic hydroxyl groups is 1. The topological polar surface area (TPSA) is 91.5 Å². The van der Waals surface area contributed by atoms with Crippen molar-refractivity contribution in [2.24, 2.45) is 15.0 Å². The lowest BCUT2D eigenvalue weighted by atomic mass is 10.1. The van der Waals surface area contributed by atoms with E-state index >= 15 is 0 Å². The van der Waals surface area contributed by atoms with Crippen LogP contribution in [0.15, 0.2) is 51.4 Å². The molecule has 1 aromatic heterocycles. The molecule has 1 aliphatic rings. The van der Waals surface area contributed by atoms with E-state index < -0.39 is 5.82 Å². The Bertz CT molecular complexity index is 1350. The SMILES string of the molecule is CCOC1=NC(=NC)N=c2cc/c(=C\c3sc(NCc4ccc(F)cc4Cl)nc3O)cc21. The monoisotopic (exact) mass is 471 g/mol. The van der Waals surface area contributed by atoms with Crippen molar-refractivity contribution >= 4 is 46.0 Å². The fourth-order valence-corrected chi connectivity index (χ4v) is 4.07. The third-order valence-electron chi connectivity index (χ3n) is 4.53. The summed E-state index contributed by atoms with van der Waals surface area (Å²) < 4.78 is 18.9. The van der Waals surface area contributed by atoms with Gasteiger partial charge in [-0.2, -0.15) is 9.98 Å². The van der Waals surface area contributed by atoms with Crippen LogP contribution in [0.2, 0.25) is 5.02 Å². The minimum absolute atomic E-state index is 0.0933. The molecule has 1 aliphatic heterocycles. The van der Waals surface area contributed by atoms with Crippen molar-refractivity contribution < 1.29 is 14.2 Å². The molecule has 10 heteroatoms. The van der Waals surface area contributed by atoms with Crippen molar-refractivity contribution in [3.8, 4) is 5.88 Å². The lowest BCUT2D eigenvalue weighted by Gasteiger charge is -2.11. The zero-order valence-electron chi connectivity index (χ0n) is 17.3. The van der Waals surface area contributed by atoms with Crippen LogP contribution in [0.3, 0.4) is 0 Å². The van der Waals surface area contributed by atoms with Gasteiger partial charge in [0.25, 0.3) is 0 Å². The van der Waals surface area contributed by atoms with Gasteiger partial charge < -0.3 is 15.2 Å². The Kier molecular flexibility index (Phi) is 6.48. The van der Waals surface area contributed by atoms with Gasteiger partial charge in [0.2, 0.25) is 17.7 Å². The molecule has 0 atom stereocenters. The second kappa shape index (κ2) is 9.46. The van der Waals surface area contributed by atoms with Crippen LogP contribution in [-0.4, -0.2) is 35.6 Å². The Morgan fingerprint density at radius 2 is 2.09 bits per heavy atom. The number of aliphatic imine (C=N–C) groups is 2. The van der Waals surface area contributed by atoms with Crippen LogP contribution in [0.25, 0.3) is 6.08 Å². The van der Waals surface area contributed by atoms with Crippen molar-refractivity contribution in [1.82, 2.24) is 4.98 Å². The van der Waals surface area contributed by atoms with Crippen LogP contribution in [0.4, 0.5) is 9.52 Å². The Hall–Kier alpha value is -3.30. The quantitative estimate of drug-likeness (QED) is 0.596. The van der Waals surface area contributed by atoms with Crippen LogP contribution < -0.4 is 15.9 Å². The molecular weight excluding hydrogens is 453 g/mol. The van der Waals surface area contributed by atoms with Gasteiger partial charge in [0.15, 0.2) is 5.13 Å². The first-order valence-electron chi connectivity index (χ1n) is 9.73. The lowest BCUT2D eigenvalue weighted by molar-refractivity contribution is 0.328. The van der Waals surface area contributed by atoms with E-state index in [-0.39, 0.29) is 5.88 Å². The van der Waals surface area contributed by atoms with Gasteiger partial charge in [-0.05, 0) is 48.0 Å². The molecule has 2 N–H and O–H groups in total. The summed E-state index contributed by atoms with van der Waals surface area (Å²) >= 11 is 7.35. The van der Waals surface area contributed by atoms with Crippen LogP contribution in [0, 0.1) is 5.82 Å². The Morgan fingerprint density at radius 3 is 2.84 bits per heavy atom. The number of nitrogens with one attached hydrogen (secondary N) is 1. The van der Waals surface area contributed by atoms with Crippen molar-refractivity contribution in [1.29, 1.82) is 0 Å². The number of ether oxygens (including phenoxy) is 1. The first kappa shape index (κ1) is 21.9. The highest BCUT2D eigenvalue weighted by molar-refractivity contribution is 7.16. The van der Waals surface area contributed by atoms with Gasteiger partial charge in [-0.25, -0.2) is 9.38 Å². The fourth-order valence-electron chi connectivity index (χ4n) is 3.02. The molecule has 0 aliphatic carbocycles. The molecule has 2 heterocycles. The number of guanidine groups is 1. The van der Waals surface area contributed by atoms with E-state index in [9.17, 15) is 9.50 Å². The summed E-state index contributed by atoms with van der Waals surface area (Å²) in [5.41, 5.74) is 1.48. The number of hydrogen-bond donors (Lipinski definition) is 2. The third kappa shape index (κ3) is 4.79. The van der Waals surface area contributed by atoms with Crippen LogP contribution in [-0.2, 0) is 11.3 Å². The molecule has 0 fully saturated rings. The highest BCUT2D eigenvalue weighted by Gasteiger charge is 2.15. The molecule has 0 saturated heterocycles. The minimum atomic E-state index is -0.392. The normalized spacial score (nSPS) is 14.7. The van der Waals surface area contributed by atoms with E-state index in [1.165, 1.54) is 23.5 Å². The molecule has 0 amide bonds. The van der Waals surface area contributed by atoms with E-state index in [1.54, 1.807) is 13.1 Å². The molecule has 164 valence electrons. The smallest absolute Gasteiger partial charge is 0.248 e. The molecule has 0 unspecified atom stereocenters. The summed E-state index contributed by atoms with van der Waals surface area (Å²) in [6, 6.07) is 9.84. The number of fused-ring (bicyclic) bond motifs is 1. The largest absolute Gasteiger partial charge is 0.492 e. The van der Waals surface area contributed by atoms with Crippen LogP contribution in [0.5, 0.6) is 5.88 Å². The summed E-state index contributed by atoms with van der Waals surface area (Å²) in [5, 5.41) is 15.8. The van der Waals surface area contributed by atoms with Crippen molar-refractivity contribution in [3.05, 3.63) is 73.8 Å². The average molecular weight is 472 g/mol. The molecule has 32 heavy (non-hydrogen) atoms. The third-order valence-corrected chi connectivity index (χ3v) is 5.83. The molecule has 0 spiro atoms. The summed E-state index contributed by atoms with van der Waals surface area (Å²) in [5.74, 6) is 0.329. The maximum atomic E-state index is 13.2. The molecular formula is C22H19ClFN5O2S. The predicted molar refractivity (Wildman–Crippen MR) is 125 cm³/mol. The lowest BCUT2D eigenvalue weighted by Crippen LogP contribution is -2.27. The number of benzene rings is 2. The molecule has 7 nitrogen and oxygen atoms in total. The van der Waals surface area contributed by atoms with Gasteiger partial charge in [0, 0.05) is 18.6 Å². The molecule has 0 radical (unpaired) electrons. The Morgan fingerprint density at radius 1 is 1.25 bits per heavy atom. The molecule has 0 saturated carbocycles. The Balaban J connectivity index is 1.60. The molecule has 2 aromatic carbocycles. The van der Waals surface area contributed by atoms with Crippen molar-refractivity contribution in [3.63, 3.8) is 0 Å². The fraction of sp³-hybridized carbons (Fsp3) is 0.182. The second-order valence-corrected chi connectivity index (χ2v) is 8.14. The average Bonchev–Trinajstić information content (AvgIpc) is 3.12. The minimum Gasteiger partial charge on any atom is -0.492 e. The van der Waals surface area contributed by atoms with Gasteiger partial charge in [0.1, 0.15) is 5.82 Å². The molecule has 3 aromatic rings. The Labute approximate surface area is 192 Å². The van der Waals surface area contributed by atoms with Gasteiger partial charge in [-0.1, -0.05) is 35.1 Å². The summed E-state index contributed by atoms with van der Waals surface area (Å²) in [6.45, 7) is 2.70. The maximum Gasteiger partial charge on any atom is 0.248 e. The maximum absolute atomic E-state index is 13.2. The van der Waals surface area contributed by atoms with E-state index in [0.717, 1.165) is 16.3 Å². The zero-order valence-corrected chi connectivity index (χ0v) is 18.8. The summed E-state index contributed by atoms with van der Waals surface area (Å²) in [4.78, 5) is 17.5. The number of rotatable bonds is 5. The van der Waals surface area contributed by atoms with Gasteiger partial charge in [-0.3, -0.25) is 4.99 Å². The number of hydrogen-bond acceptors (Lipinski definition) is 6. The van der Waals surface area contributed by atoms with Crippen molar-refractivity contribution in [2.45, 2.75) is 13.5 Å². The first-order valence-corrected chi connectivity index (χ1v) is 10.9. The van der Waals surface area contributed by atoms with Gasteiger partial charge >= 0.3 is 0 Å². The number of anilines is 1. The summed E-state index contributed by atoms with van der Waals surface area (Å²) in [7, 11) is 1.63. The zero-order chi connectivity index (χ0) is 22.7. The number of nitrogens with zero attached hydrogens (tertiary/aromatic N) is 4. The van der Waals surface area contributed by atoms with E-state index in [1.807, 2.05) is 31.2 Å². The van der Waals surface area contributed by atoms with Crippen molar-refractivity contribution in [2.75, 3.05) is 19.0 Å². The standard InChI is InChI=1S/C22H19ClFN5O2S/c1-3-31-20-15-8-12(4-7-17(15)27-21(25-2)29-20)9-18-19(30)28-22(32-18)26-11-13-5-6-14(24)10-16(13)23/h4-10,30H,3,11H2,1-2H3,(H,26,28)/b12-9+,25-21?. The van der Waals surface area contributed by atoms with Crippen LogP contribution in [0.1, 0.15) is 22.9 Å². The summed E-state index contributed by atoms with van der Waals surface area (Å²) in [6.07, 6.45) is 1.82. The number of halogens is 2. The number of thiazole rings is 1. The first-order chi connectivity index (χ1) is 15.5. The second-order valence-electron chi connectivity index (χ2n) is 6.70. The van der Waals surface area contributed by atoms with Crippen LogP contribution >= 0.6 is 22.9 Å². The van der Waals surface area contributed by atoms with Gasteiger partial charge in [0.05, 0.1) is 22.4 Å². The highest BCUT2D eigenvalue weighted by Crippen LogP contribution is 2.29. The van der Waals surface area contributed by atoms with E-state index in [2.05, 4.69) is 25.3 Å². The van der Waals surface area contributed by atoms with Gasteiger partial charge in [-0.15, -0.1) is 0 Å². The molecule has 4 rings (SSSR count).